The van der Waals surface area contributed by atoms with Gasteiger partial charge in [0.1, 0.15) is 6.04 Å². The molecule has 0 aliphatic heterocycles. The zero-order valence-electron chi connectivity index (χ0n) is 11.9. The van der Waals surface area contributed by atoms with Crippen LogP contribution >= 0.6 is 0 Å². The minimum atomic E-state index is -0.140. The molecule has 1 saturated carbocycles. The van der Waals surface area contributed by atoms with Crippen LogP contribution < -0.4 is 5.32 Å². The summed E-state index contributed by atoms with van der Waals surface area (Å²) in [4.78, 5) is 11.7. The Kier molecular flexibility index (Phi) is 4.99. The first kappa shape index (κ1) is 14.5. The maximum absolute atomic E-state index is 11.7. The average Bonchev–Trinajstić information content (AvgIpc) is 2.55. The summed E-state index contributed by atoms with van der Waals surface area (Å²) >= 11 is 0. The van der Waals surface area contributed by atoms with Crippen molar-refractivity contribution in [3.8, 4) is 0 Å². The van der Waals surface area contributed by atoms with Gasteiger partial charge in [-0.3, -0.25) is 4.79 Å². The van der Waals surface area contributed by atoms with Crippen LogP contribution in [0.1, 0.15) is 53.4 Å². The van der Waals surface area contributed by atoms with Crippen LogP contribution in [0.2, 0.25) is 0 Å². The van der Waals surface area contributed by atoms with Gasteiger partial charge < -0.3 is 10.1 Å². The van der Waals surface area contributed by atoms with Crippen molar-refractivity contribution in [2.45, 2.75) is 65.5 Å². The molecule has 1 rings (SSSR count). The van der Waals surface area contributed by atoms with E-state index in [1.165, 1.54) is 20.0 Å². The Labute approximate surface area is 105 Å². The Morgan fingerprint density at radius 2 is 2.12 bits per heavy atom. The second-order valence-corrected chi connectivity index (χ2v) is 6.48. The fourth-order valence-electron chi connectivity index (χ4n) is 2.71. The lowest BCUT2D eigenvalue weighted by Crippen LogP contribution is -2.44. The van der Waals surface area contributed by atoms with Gasteiger partial charge in [-0.2, -0.15) is 0 Å². The number of hydrogen-bond acceptors (Lipinski definition) is 3. The van der Waals surface area contributed by atoms with Gasteiger partial charge in [0.25, 0.3) is 0 Å². The molecule has 0 heterocycles. The van der Waals surface area contributed by atoms with Crippen molar-refractivity contribution < 1.29 is 9.53 Å². The van der Waals surface area contributed by atoms with Gasteiger partial charge in [0.15, 0.2) is 0 Å². The zero-order valence-corrected chi connectivity index (χ0v) is 11.9. The number of ether oxygens (including phenoxy) is 1. The lowest BCUT2D eigenvalue weighted by atomic mass is 9.91. The molecule has 1 aliphatic rings. The monoisotopic (exact) mass is 241 g/mol. The van der Waals surface area contributed by atoms with Gasteiger partial charge in [0.2, 0.25) is 0 Å². The summed E-state index contributed by atoms with van der Waals surface area (Å²) in [6.45, 7) is 8.86. The normalized spacial score (nSPS) is 24.9. The molecule has 0 saturated heterocycles. The maximum atomic E-state index is 11.7. The van der Waals surface area contributed by atoms with E-state index >= 15 is 0 Å². The fraction of sp³-hybridized carbons (Fsp3) is 0.929. The highest BCUT2D eigenvalue weighted by molar-refractivity contribution is 5.75. The van der Waals surface area contributed by atoms with Crippen molar-refractivity contribution in [1.82, 2.24) is 5.32 Å². The molecule has 0 radical (unpaired) electrons. The molecule has 1 aliphatic carbocycles. The van der Waals surface area contributed by atoms with E-state index in [9.17, 15) is 4.79 Å². The SMILES string of the molecule is COC(=O)C(CC(C)C)NC1CCC(C)(C)C1. The Morgan fingerprint density at radius 1 is 1.47 bits per heavy atom. The standard InChI is InChI=1S/C14H27NO2/c1-10(2)8-12(13(16)17-5)15-11-6-7-14(3,4)9-11/h10-12,15H,6-9H2,1-5H3. The van der Waals surface area contributed by atoms with Gasteiger partial charge in [0, 0.05) is 6.04 Å². The highest BCUT2D eigenvalue weighted by Crippen LogP contribution is 2.37. The second-order valence-electron chi connectivity index (χ2n) is 6.48. The molecule has 0 aromatic carbocycles. The second kappa shape index (κ2) is 5.85. The van der Waals surface area contributed by atoms with Crippen LogP contribution in [0.25, 0.3) is 0 Å². The summed E-state index contributed by atoms with van der Waals surface area (Å²) < 4.78 is 4.87. The minimum Gasteiger partial charge on any atom is -0.468 e. The van der Waals surface area contributed by atoms with Crippen LogP contribution in [0.3, 0.4) is 0 Å². The van der Waals surface area contributed by atoms with Crippen molar-refractivity contribution in [3.05, 3.63) is 0 Å². The van der Waals surface area contributed by atoms with E-state index in [-0.39, 0.29) is 12.0 Å². The van der Waals surface area contributed by atoms with E-state index in [4.69, 9.17) is 4.74 Å². The molecule has 2 atom stereocenters. The van der Waals surface area contributed by atoms with Crippen LogP contribution in [0.5, 0.6) is 0 Å². The smallest absolute Gasteiger partial charge is 0.322 e. The van der Waals surface area contributed by atoms with Crippen molar-refractivity contribution in [2.24, 2.45) is 11.3 Å². The highest BCUT2D eigenvalue weighted by atomic mass is 16.5. The highest BCUT2D eigenvalue weighted by Gasteiger charge is 2.33. The number of hydrogen-bond donors (Lipinski definition) is 1. The topological polar surface area (TPSA) is 38.3 Å². The van der Waals surface area contributed by atoms with E-state index in [0.717, 1.165) is 12.8 Å². The number of esters is 1. The molecule has 0 aromatic heterocycles. The fourth-order valence-corrected chi connectivity index (χ4v) is 2.71. The molecule has 1 fully saturated rings. The molecule has 0 bridgehead atoms. The molecule has 0 spiro atoms. The first-order valence-electron chi connectivity index (χ1n) is 6.68. The molecule has 1 N–H and O–H groups in total. The van der Waals surface area contributed by atoms with Crippen molar-refractivity contribution in [1.29, 1.82) is 0 Å². The van der Waals surface area contributed by atoms with Gasteiger partial charge in [-0.15, -0.1) is 0 Å². The lowest BCUT2D eigenvalue weighted by molar-refractivity contribution is -0.143. The zero-order chi connectivity index (χ0) is 13.1. The van der Waals surface area contributed by atoms with E-state index in [0.29, 0.717) is 17.4 Å². The number of carbonyl (C=O) groups is 1. The number of methoxy groups -OCH3 is 1. The van der Waals surface area contributed by atoms with Crippen LogP contribution in [-0.4, -0.2) is 25.2 Å². The van der Waals surface area contributed by atoms with E-state index in [1.807, 2.05) is 0 Å². The number of nitrogens with one attached hydrogen (secondary N) is 1. The summed E-state index contributed by atoms with van der Waals surface area (Å²) in [5.74, 6) is 0.379. The van der Waals surface area contributed by atoms with Crippen LogP contribution in [0.4, 0.5) is 0 Å². The molecule has 3 heteroatoms. The van der Waals surface area contributed by atoms with Gasteiger partial charge >= 0.3 is 5.97 Å². The van der Waals surface area contributed by atoms with E-state index in [1.54, 1.807) is 0 Å². The third kappa shape index (κ3) is 4.66. The summed E-state index contributed by atoms with van der Waals surface area (Å²) in [6.07, 6.45) is 4.40. The molecule has 17 heavy (non-hydrogen) atoms. The maximum Gasteiger partial charge on any atom is 0.322 e. The van der Waals surface area contributed by atoms with Crippen LogP contribution in [0.15, 0.2) is 0 Å². The average molecular weight is 241 g/mol. The predicted molar refractivity (Wildman–Crippen MR) is 69.8 cm³/mol. The summed E-state index contributed by atoms with van der Waals surface area (Å²) in [5.41, 5.74) is 0.413. The lowest BCUT2D eigenvalue weighted by Gasteiger charge is -2.23. The van der Waals surface area contributed by atoms with Crippen molar-refractivity contribution in [2.75, 3.05) is 7.11 Å². The molecule has 3 nitrogen and oxygen atoms in total. The van der Waals surface area contributed by atoms with Gasteiger partial charge in [-0.1, -0.05) is 27.7 Å². The minimum absolute atomic E-state index is 0.122. The molecular weight excluding hydrogens is 214 g/mol. The number of carbonyl (C=O) groups excluding carboxylic acids is 1. The number of rotatable bonds is 5. The predicted octanol–water partition coefficient (Wildman–Crippen LogP) is 2.74. The molecule has 0 amide bonds. The third-order valence-electron chi connectivity index (χ3n) is 3.60. The largest absolute Gasteiger partial charge is 0.468 e. The van der Waals surface area contributed by atoms with Gasteiger partial charge in [-0.25, -0.2) is 0 Å². The quantitative estimate of drug-likeness (QED) is 0.752. The van der Waals surface area contributed by atoms with E-state index in [2.05, 4.69) is 33.0 Å². The molecule has 0 aromatic rings. The van der Waals surface area contributed by atoms with Gasteiger partial charge in [0.05, 0.1) is 7.11 Å². The molecule has 100 valence electrons. The Hall–Kier alpha value is -0.570. The molecular formula is C14H27NO2. The Morgan fingerprint density at radius 3 is 2.53 bits per heavy atom. The summed E-state index contributed by atoms with van der Waals surface area (Å²) in [5, 5.41) is 3.48. The summed E-state index contributed by atoms with van der Waals surface area (Å²) in [7, 11) is 1.47. The van der Waals surface area contributed by atoms with Crippen LogP contribution in [0, 0.1) is 11.3 Å². The Bertz CT molecular complexity index is 261. The Balaban J connectivity index is 2.52. The summed E-state index contributed by atoms with van der Waals surface area (Å²) in [6, 6.07) is 0.326. The third-order valence-corrected chi connectivity index (χ3v) is 3.60. The van der Waals surface area contributed by atoms with Crippen molar-refractivity contribution >= 4 is 5.97 Å². The van der Waals surface area contributed by atoms with Gasteiger partial charge in [-0.05, 0) is 37.0 Å². The first-order chi connectivity index (χ1) is 7.84. The van der Waals surface area contributed by atoms with E-state index < -0.39 is 0 Å². The van der Waals surface area contributed by atoms with Crippen LogP contribution in [-0.2, 0) is 9.53 Å². The van der Waals surface area contributed by atoms with Crippen molar-refractivity contribution in [3.63, 3.8) is 0 Å². The molecule has 2 unspecified atom stereocenters. The first-order valence-corrected chi connectivity index (χ1v) is 6.68.